The third kappa shape index (κ3) is 4.04. The Hall–Kier alpha value is -1.88. The summed E-state index contributed by atoms with van der Waals surface area (Å²) < 4.78 is 17.5. The Morgan fingerprint density at radius 3 is 2.33 bits per heavy atom. The van der Waals surface area contributed by atoms with Gasteiger partial charge in [0.15, 0.2) is 0 Å². The van der Waals surface area contributed by atoms with Crippen molar-refractivity contribution in [3.63, 3.8) is 0 Å². The zero-order chi connectivity index (χ0) is 15.4. The monoisotopic (exact) mass is 351 g/mol. The van der Waals surface area contributed by atoms with Crippen molar-refractivity contribution >= 4 is 21.6 Å². The van der Waals surface area contributed by atoms with E-state index in [9.17, 15) is 0 Å². The lowest BCUT2D eigenvalue weighted by Crippen LogP contribution is -2.07. The van der Waals surface area contributed by atoms with E-state index in [1.165, 1.54) is 0 Å². The van der Waals surface area contributed by atoms with Crippen LogP contribution in [0, 0.1) is 0 Å². The van der Waals surface area contributed by atoms with E-state index in [4.69, 9.17) is 19.9 Å². The zero-order valence-electron chi connectivity index (χ0n) is 12.2. The first-order valence-electron chi connectivity index (χ1n) is 6.57. The Kier molecular flexibility index (Phi) is 4.96. The molecule has 0 saturated carbocycles. The molecule has 0 aromatic heterocycles. The van der Waals surface area contributed by atoms with Gasteiger partial charge in [0.2, 0.25) is 0 Å². The number of benzene rings is 2. The minimum absolute atomic E-state index is 0.0512. The van der Waals surface area contributed by atoms with Crippen molar-refractivity contribution in [2.45, 2.75) is 20.0 Å². The van der Waals surface area contributed by atoms with Crippen LogP contribution in [0.1, 0.15) is 13.8 Å². The van der Waals surface area contributed by atoms with Crippen molar-refractivity contribution in [2.24, 2.45) is 0 Å². The summed E-state index contributed by atoms with van der Waals surface area (Å²) in [4.78, 5) is 0. The first kappa shape index (κ1) is 15.5. The molecule has 0 fully saturated rings. The number of rotatable bonds is 5. The number of nitrogens with two attached hydrogens (primary N) is 1. The summed E-state index contributed by atoms with van der Waals surface area (Å²) >= 11 is 3.46. The molecule has 0 aliphatic heterocycles. The van der Waals surface area contributed by atoms with Gasteiger partial charge >= 0.3 is 0 Å². The molecule has 0 heterocycles. The highest BCUT2D eigenvalue weighted by Gasteiger charge is 2.08. The van der Waals surface area contributed by atoms with Gasteiger partial charge in [-0.25, -0.2) is 0 Å². The zero-order valence-corrected chi connectivity index (χ0v) is 13.8. The number of hydrogen-bond acceptors (Lipinski definition) is 4. The summed E-state index contributed by atoms with van der Waals surface area (Å²) in [5.74, 6) is 2.73. The van der Waals surface area contributed by atoms with E-state index in [2.05, 4.69) is 15.9 Å². The second-order valence-electron chi connectivity index (χ2n) is 4.76. The topological polar surface area (TPSA) is 53.7 Å². The van der Waals surface area contributed by atoms with Crippen LogP contribution in [0.15, 0.2) is 40.9 Å². The molecule has 0 atom stereocenters. The fourth-order valence-corrected chi connectivity index (χ4v) is 2.19. The summed E-state index contributed by atoms with van der Waals surface area (Å²) in [6, 6.07) is 10.9. The molecule has 112 valence electrons. The van der Waals surface area contributed by atoms with Gasteiger partial charge in [0.25, 0.3) is 0 Å². The van der Waals surface area contributed by atoms with Gasteiger partial charge in [-0.15, -0.1) is 0 Å². The largest absolute Gasteiger partial charge is 0.497 e. The molecule has 5 heteroatoms. The van der Waals surface area contributed by atoms with E-state index < -0.39 is 0 Å². The van der Waals surface area contributed by atoms with Crippen LogP contribution in [0.2, 0.25) is 0 Å². The van der Waals surface area contributed by atoms with Crippen LogP contribution < -0.4 is 19.9 Å². The van der Waals surface area contributed by atoms with Crippen molar-refractivity contribution in [3.05, 3.63) is 40.9 Å². The fraction of sp³-hybridized carbons (Fsp3) is 0.250. The molecule has 0 spiro atoms. The lowest BCUT2D eigenvalue weighted by molar-refractivity contribution is 0.243. The highest BCUT2D eigenvalue weighted by atomic mass is 79.9. The van der Waals surface area contributed by atoms with Crippen molar-refractivity contribution in [1.82, 2.24) is 0 Å². The Morgan fingerprint density at radius 2 is 1.71 bits per heavy atom. The Bertz CT molecular complexity index is 629. The number of ether oxygens (including phenoxy) is 3. The molecular weight excluding hydrogens is 334 g/mol. The van der Waals surface area contributed by atoms with Gasteiger partial charge < -0.3 is 19.9 Å². The van der Waals surface area contributed by atoms with Crippen LogP contribution in [-0.2, 0) is 0 Å². The molecule has 2 aromatic carbocycles. The first-order valence-corrected chi connectivity index (χ1v) is 7.36. The molecule has 0 bridgehead atoms. The van der Waals surface area contributed by atoms with Gasteiger partial charge in [-0.05, 0) is 60.1 Å². The summed E-state index contributed by atoms with van der Waals surface area (Å²) in [6.07, 6.45) is 0.0512. The molecule has 2 rings (SSSR count). The lowest BCUT2D eigenvalue weighted by atomic mass is 10.2. The standard InChI is InChI=1S/C16H18BrNO3/c1-10(2)20-16-9-12(4-6-14(16)18)21-15-7-5-11(19-3)8-13(15)17/h4-10H,18H2,1-3H3. The van der Waals surface area contributed by atoms with Crippen LogP contribution in [0.3, 0.4) is 0 Å². The van der Waals surface area contributed by atoms with Crippen molar-refractivity contribution in [1.29, 1.82) is 0 Å². The number of hydrogen-bond donors (Lipinski definition) is 1. The Labute approximate surface area is 132 Å². The second kappa shape index (κ2) is 6.72. The molecule has 0 amide bonds. The van der Waals surface area contributed by atoms with Crippen molar-refractivity contribution < 1.29 is 14.2 Å². The summed E-state index contributed by atoms with van der Waals surface area (Å²) in [5.41, 5.74) is 6.48. The summed E-state index contributed by atoms with van der Waals surface area (Å²) in [5, 5.41) is 0. The SMILES string of the molecule is COc1ccc(Oc2ccc(N)c(OC(C)C)c2)c(Br)c1. The molecule has 21 heavy (non-hydrogen) atoms. The van der Waals surface area contributed by atoms with Crippen LogP contribution in [0.25, 0.3) is 0 Å². The van der Waals surface area contributed by atoms with Crippen molar-refractivity contribution in [2.75, 3.05) is 12.8 Å². The van der Waals surface area contributed by atoms with E-state index >= 15 is 0 Å². The Morgan fingerprint density at radius 1 is 1.00 bits per heavy atom. The second-order valence-corrected chi connectivity index (χ2v) is 5.62. The first-order chi connectivity index (χ1) is 9.99. The normalized spacial score (nSPS) is 10.5. The Balaban J connectivity index is 2.23. The smallest absolute Gasteiger partial charge is 0.146 e. The van der Waals surface area contributed by atoms with Crippen LogP contribution in [0.5, 0.6) is 23.0 Å². The molecule has 0 saturated heterocycles. The number of methoxy groups -OCH3 is 1. The maximum Gasteiger partial charge on any atom is 0.146 e. The quantitative estimate of drug-likeness (QED) is 0.798. The van der Waals surface area contributed by atoms with Crippen molar-refractivity contribution in [3.8, 4) is 23.0 Å². The molecule has 0 aliphatic rings. The van der Waals surface area contributed by atoms with E-state index in [0.717, 1.165) is 10.2 Å². The average molecular weight is 352 g/mol. The van der Waals surface area contributed by atoms with Gasteiger partial charge in [-0.2, -0.15) is 0 Å². The predicted octanol–water partition coefficient (Wildman–Crippen LogP) is 4.62. The predicted molar refractivity (Wildman–Crippen MR) is 87.4 cm³/mol. The average Bonchev–Trinajstić information content (AvgIpc) is 2.44. The minimum Gasteiger partial charge on any atom is -0.497 e. The van der Waals surface area contributed by atoms with Crippen LogP contribution in [-0.4, -0.2) is 13.2 Å². The van der Waals surface area contributed by atoms with Gasteiger partial charge in [-0.3, -0.25) is 0 Å². The van der Waals surface area contributed by atoms with Crippen LogP contribution in [0.4, 0.5) is 5.69 Å². The number of anilines is 1. The number of halogens is 1. The third-order valence-corrected chi connectivity index (χ3v) is 3.33. The molecule has 0 aliphatic carbocycles. The van der Waals surface area contributed by atoms with Crippen LogP contribution >= 0.6 is 15.9 Å². The maximum atomic E-state index is 5.89. The third-order valence-electron chi connectivity index (χ3n) is 2.71. The molecule has 0 unspecified atom stereocenters. The molecule has 2 N–H and O–H groups in total. The van der Waals surface area contributed by atoms with E-state index in [1.807, 2.05) is 32.0 Å². The van der Waals surface area contributed by atoms with E-state index in [0.29, 0.717) is 22.9 Å². The highest BCUT2D eigenvalue weighted by molar-refractivity contribution is 9.10. The summed E-state index contributed by atoms with van der Waals surface area (Å²) in [7, 11) is 1.62. The summed E-state index contributed by atoms with van der Waals surface area (Å²) in [6.45, 7) is 3.90. The maximum absolute atomic E-state index is 5.89. The molecule has 0 radical (unpaired) electrons. The number of nitrogen functional groups attached to an aromatic ring is 1. The lowest BCUT2D eigenvalue weighted by Gasteiger charge is -2.14. The van der Waals surface area contributed by atoms with Gasteiger partial charge in [-0.1, -0.05) is 0 Å². The van der Waals surface area contributed by atoms with E-state index in [1.54, 1.807) is 25.3 Å². The molecular formula is C16H18BrNO3. The van der Waals surface area contributed by atoms with Gasteiger partial charge in [0, 0.05) is 6.07 Å². The fourth-order valence-electron chi connectivity index (χ4n) is 1.75. The van der Waals surface area contributed by atoms with E-state index in [-0.39, 0.29) is 6.10 Å². The van der Waals surface area contributed by atoms with Gasteiger partial charge in [0.1, 0.15) is 23.0 Å². The molecule has 4 nitrogen and oxygen atoms in total. The minimum atomic E-state index is 0.0512. The van der Waals surface area contributed by atoms with Gasteiger partial charge in [0.05, 0.1) is 23.4 Å². The molecule has 2 aromatic rings. The highest BCUT2D eigenvalue weighted by Crippen LogP contribution is 2.35.